The molecule has 0 heterocycles. The van der Waals surface area contributed by atoms with Crippen LogP contribution in [0.15, 0.2) is 48.2 Å². The van der Waals surface area contributed by atoms with Crippen LogP contribution in [0.2, 0.25) is 5.02 Å². The van der Waals surface area contributed by atoms with E-state index in [4.69, 9.17) is 11.6 Å². The van der Waals surface area contributed by atoms with E-state index in [1.54, 1.807) is 12.1 Å². The summed E-state index contributed by atoms with van der Waals surface area (Å²) < 4.78 is 38.6. The van der Waals surface area contributed by atoms with E-state index >= 15 is 0 Å². The standard InChI is InChI=1S/C19H16ClF3N2O2/c1-11-5-3-4-6-13(11)9-17(24-12(2)26)18(27)25-16-10-14(19(21,22)23)7-8-15(16)20/h3-10H,1-2H3,(H,24,26)(H,25,27)/b17-9-. The Morgan fingerprint density at radius 3 is 2.37 bits per heavy atom. The molecule has 2 N–H and O–H groups in total. The number of aryl methyl sites for hydroxylation is 1. The molecular weight excluding hydrogens is 381 g/mol. The lowest BCUT2D eigenvalue weighted by atomic mass is 10.1. The zero-order valence-electron chi connectivity index (χ0n) is 14.4. The Balaban J connectivity index is 2.37. The molecular formula is C19H16ClF3N2O2. The number of benzene rings is 2. The van der Waals surface area contributed by atoms with Gasteiger partial charge in [-0.1, -0.05) is 35.9 Å². The lowest BCUT2D eigenvalue weighted by Crippen LogP contribution is -2.29. The first-order chi connectivity index (χ1) is 12.6. The zero-order valence-corrected chi connectivity index (χ0v) is 15.2. The molecule has 0 aliphatic rings. The fourth-order valence-electron chi connectivity index (χ4n) is 2.24. The molecule has 0 aliphatic heterocycles. The monoisotopic (exact) mass is 396 g/mol. The fourth-order valence-corrected chi connectivity index (χ4v) is 2.40. The van der Waals surface area contributed by atoms with E-state index in [1.165, 1.54) is 13.0 Å². The second kappa shape index (κ2) is 8.26. The number of nitrogens with one attached hydrogen (secondary N) is 2. The third kappa shape index (κ3) is 5.59. The van der Waals surface area contributed by atoms with Gasteiger partial charge in [-0.2, -0.15) is 13.2 Å². The van der Waals surface area contributed by atoms with E-state index in [0.717, 1.165) is 23.8 Å². The minimum Gasteiger partial charge on any atom is -0.322 e. The van der Waals surface area contributed by atoms with E-state index in [-0.39, 0.29) is 16.4 Å². The van der Waals surface area contributed by atoms with E-state index in [0.29, 0.717) is 5.56 Å². The van der Waals surface area contributed by atoms with Crippen molar-refractivity contribution in [3.8, 4) is 0 Å². The van der Waals surface area contributed by atoms with Crippen LogP contribution >= 0.6 is 11.6 Å². The molecule has 0 aliphatic carbocycles. The molecule has 0 saturated heterocycles. The molecule has 0 bridgehead atoms. The third-order valence-electron chi connectivity index (χ3n) is 3.59. The van der Waals surface area contributed by atoms with Gasteiger partial charge in [0.25, 0.3) is 5.91 Å². The highest BCUT2D eigenvalue weighted by molar-refractivity contribution is 6.34. The van der Waals surface area contributed by atoms with Gasteiger partial charge in [-0.05, 0) is 42.3 Å². The van der Waals surface area contributed by atoms with Crippen molar-refractivity contribution in [1.82, 2.24) is 5.32 Å². The second-order valence-electron chi connectivity index (χ2n) is 5.74. The summed E-state index contributed by atoms with van der Waals surface area (Å²) in [5, 5.41) is 4.64. The van der Waals surface area contributed by atoms with Gasteiger partial charge in [0.05, 0.1) is 16.3 Å². The summed E-state index contributed by atoms with van der Waals surface area (Å²) in [5.74, 6) is -1.30. The van der Waals surface area contributed by atoms with Gasteiger partial charge < -0.3 is 10.6 Å². The van der Waals surface area contributed by atoms with E-state index in [1.807, 2.05) is 19.1 Å². The summed E-state index contributed by atoms with van der Waals surface area (Å²) in [4.78, 5) is 24.0. The van der Waals surface area contributed by atoms with Crippen molar-refractivity contribution in [2.75, 3.05) is 5.32 Å². The van der Waals surface area contributed by atoms with Crippen molar-refractivity contribution < 1.29 is 22.8 Å². The van der Waals surface area contributed by atoms with E-state index < -0.39 is 23.6 Å². The van der Waals surface area contributed by atoms with E-state index in [2.05, 4.69) is 10.6 Å². The van der Waals surface area contributed by atoms with E-state index in [9.17, 15) is 22.8 Å². The van der Waals surface area contributed by atoms with Gasteiger partial charge in [0.1, 0.15) is 5.70 Å². The van der Waals surface area contributed by atoms with Crippen molar-refractivity contribution in [1.29, 1.82) is 0 Å². The molecule has 0 fully saturated rings. The molecule has 0 atom stereocenters. The van der Waals surface area contributed by atoms with Crippen molar-refractivity contribution >= 4 is 35.2 Å². The molecule has 2 aromatic rings. The Labute approximate surface area is 159 Å². The third-order valence-corrected chi connectivity index (χ3v) is 3.92. The number of carbonyl (C=O) groups excluding carboxylic acids is 2. The Morgan fingerprint density at radius 2 is 1.78 bits per heavy atom. The molecule has 0 unspecified atom stereocenters. The molecule has 4 nitrogen and oxygen atoms in total. The average Bonchev–Trinajstić information content (AvgIpc) is 2.56. The van der Waals surface area contributed by atoms with Crippen LogP contribution in [-0.4, -0.2) is 11.8 Å². The van der Waals surface area contributed by atoms with Crippen LogP contribution in [0, 0.1) is 6.92 Å². The van der Waals surface area contributed by atoms with Gasteiger partial charge in [0.15, 0.2) is 0 Å². The minimum atomic E-state index is -4.58. The van der Waals surface area contributed by atoms with Crippen LogP contribution in [0.3, 0.4) is 0 Å². The van der Waals surface area contributed by atoms with Crippen molar-refractivity contribution in [2.24, 2.45) is 0 Å². The quantitative estimate of drug-likeness (QED) is 0.730. The van der Waals surface area contributed by atoms with Gasteiger partial charge in [-0.3, -0.25) is 9.59 Å². The minimum absolute atomic E-state index is 0.0607. The zero-order chi connectivity index (χ0) is 20.2. The van der Waals surface area contributed by atoms with Crippen LogP contribution in [0.25, 0.3) is 6.08 Å². The summed E-state index contributed by atoms with van der Waals surface area (Å²) in [6.45, 7) is 3.04. The number of anilines is 1. The first-order valence-corrected chi connectivity index (χ1v) is 8.18. The maximum Gasteiger partial charge on any atom is 0.416 e. The lowest BCUT2D eigenvalue weighted by Gasteiger charge is -2.13. The number of hydrogen-bond acceptors (Lipinski definition) is 2. The average molecular weight is 397 g/mol. The van der Waals surface area contributed by atoms with Crippen molar-refractivity contribution in [3.63, 3.8) is 0 Å². The van der Waals surface area contributed by atoms with Crippen LogP contribution in [0.5, 0.6) is 0 Å². The highest BCUT2D eigenvalue weighted by Crippen LogP contribution is 2.34. The van der Waals surface area contributed by atoms with Gasteiger partial charge in [-0.25, -0.2) is 0 Å². The van der Waals surface area contributed by atoms with Crippen LogP contribution in [-0.2, 0) is 15.8 Å². The smallest absolute Gasteiger partial charge is 0.322 e. The first kappa shape index (κ1) is 20.5. The highest BCUT2D eigenvalue weighted by Gasteiger charge is 2.31. The molecule has 142 valence electrons. The predicted molar refractivity (Wildman–Crippen MR) is 98.1 cm³/mol. The molecule has 27 heavy (non-hydrogen) atoms. The molecule has 2 rings (SSSR count). The first-order valence-electron chi connectivity index (χ1n) is 7.81. The summed E-state index contributed by atoms with van der Waals surface area (Å²) >= 11 is 5.90. The van der Waals surface area contributed by atoms with Gasteiger partial charge >= 0.3 is 6.18 Å². The van der Waals surface area contributed by atoms with Crippen molar-refractivity contribution in [2.45, 2.75) is 20.0 Å². The largest absolute Gasteiger partial charge is 0.416 e. The number of alkyl halides is 3. The number of rotatable bonds is 4. The summed E-state index contributed by atoms with van der Waals surface area (Å²) in [6.07, 6.45) is -3.14. The fraction of sp³-hybridized carbons (Fsp3) is 0.158. The van der Waals surface area contributed by atoms with Crippen LogP contribution < -0.4 is 10.6 Å². The number of carbonyl (C=O) groups is 2. The second-order valence-corrected chi connectivity index (χ2v) is 6.15. The molecule has 0 radical (unpaired) electrons. The normalized spacial score (nSPS) is 11.9. The molecule has 2 aromatic carbocycles. The molecule has 2 amide bonds. The van der Waals surface area contributed by atoms with Crippen LogP contribution in [0.1, 0.15) is 23.6 Å². The van der Waals surface area contributed by atoms with Gasteiger partial charge in [-0.15, -0.1) is 0 Å². The maximum absolute atomic E-state index is 12.9. The Hall–Kier alpha value is -2.80. The molecule has 0 spiro atoms. The maximum atomic E-state index is 12.9. The highest BCUT2D eigenvalue weighted by atomic mass is 35.5. The summed E-state index contributed by atoms with van der Waals surface area (Å²) in [5.41, 5.74) is 0.241. The predicted octanol–water partition coefficient (Wildman–Crippen LogP) is 4.78. The molecule has 0 saturated carbocycles. The summed E-state index contributed by atoms with van der Waals surface area (Å²) in [6, 6.07) is 9.72. The van der Waals surface area contributed by atoms with Crippen LogP contribution in [0.4, 0.5) is 18.9 Å². The van der Waals surface area contributed by atoms with Crippen molar-refractivity contribution in [3.05, 3.63) is 69.9 Å². The number of amides is 2. The number of hydrogen-bond donors (Lipinski definition) is 2. The number of halogens is 4. The summed E-state index contributed by atoms with van der Waals surface area (Å²) in [7, 11) is 0. The topological polar surface area (TPSA) is 58.2 Å². The Morgan fingerprint density at radius 1 is 1.11 bits per heavy atom. The Bertz CT molecular complexity index is 908. The van der Waals surface area contributed by atoms with Gasteiger partial charge in [0.2, 0.25) is 5.91 Å². The Kier molecular flexibility index (Phi) is 6.28. The van der Waals surface area contributed by atoms with Gasteiger partial charge in [0, 0.05) is 6.92 Å². The SMILES string of the molecule is CC(=O)N/C(=C\c1ccccc1C)C(=O)Nc1cc(C(F)(F)F)ccc1Cl. The molecule has 8 heteroatoms. The lowest BCUT2D eigenvalue weighted by molar-refractivity contribution is -0.137. The molecule has 0 aromatic heterocycles.